The van der Waals surface area contributed by atoms with Crippen LogP contribution < -0.4 is 5.43 Å². The summed E-state index contributed by atoms with van der Waals surface area (Å²) in [6.07, 6.45) is 1.56. The van der Waals surface area contributed by atoms with E-state index in [1.165, 1.54) is 0 Å². The molecule has 0 radical (unpaired) electrons. The van der Waals surface area contributed by atoms with Crippen LogP contribution in [0.15, 0.2) is 17.6 Å². The summed E-state index contributed by atoms with van der Waals surface area (Å²) in [5.41, 5.74) is 3.26. The number of hydrogen-bond donors (Lipinski definition) is 1. The van der Waals surface area contributed by atoms with Gasteiger partial charge in [0.25, 0.3) is 0 Å². The van der Waals surface area contributed by atoms with Crippen molar-refractivity contribution in [3.63, 3.8) is 0 Å². The number of rotatable bonds is 3. The van der Waals surface area contributed by atoms with Gasteiger partial charge in [0.15, 0.2) is 0 Å². The molecule has 0 rings (SSSR count). The molecule has 0 saturated carbocycles. The van der Waals surface area contributed by atoms with E-state index in [2.05, 4.69) is 30.7 Å². The molecule has 0 spiro atoms. The Balaban J connectivity index is 3.19. The normalized spacial score (nSPS) is 10.4. The van der Waals surface area contributed by atoms with Crippen LogP contribution in [0.5, 0.6) is 0 Å². The maximum Gasteiger partial charge on any atom is 0.0349 e. The van der Waals surface area contributed by atoms with Gasteiger partial charge in [-0.05, 0) is 0 Å². The lowest BCUT2D eigenvalue weighted by molar-refractivity contribution is 0.982. The minimum absolute atomic E-state index is 0.599. The van der Waals surface area contributed by atoms with E-state index >= 15 is 0 Å². The quantitative estimate of drug-likeness (QED) is 0.459. The van der Waals surface area contributed by atoms with Gasteiger partial charge in [-0.1, -0.05) is 20.4 Å². The van der Waals surface area contributed by atoms with E-state index in [9.17, 15) is 0 Å². The zero-order valence-electron chi connectivity index (χ0n) is 5.26. The first-order valence-electron chi connectivity index (χ1n) is 2.53. The van der Waals surface area contributed by atoms with Gasteiger partial charge in [-0.2, -0.15) is 4.85 Å². The molecule has 2 nitrogen and oxygen atoms in total. The first-order chi connectivity index (χ1) is 3.77. The molecule has 0 aromatic rings. The van der Waals surface area contributed by atoms with Gasteiger partial charge >= 0.3 is 0 Å². The highest BCUT2D eigenvalue weighted by Gasteiger charge is 1.81. The fourth-order valence-electron chi connectivity index (χ4n) is 0.190. The van der Waals surface area contributed by atoms with Crippen molar-refractivity contribution < 1.29 is 0 Å². The van der Waals surface area contributed by atoms with Gasteiger partial charge in [-0.3, -0.25) is 5.43 Å². The summed E-state index contributed by atoms with van der Waals surface area (Å²) in [4.78, 5) is 3.89. The van der Waals surface area contributed by atoms with E-state index in [1.807, 2.05) is 0 Å². The Morgan fingerprint density at radius 1 is 1.75 bits per heavy atom. The monoisotopic (exact) mass is 130 g/mol. The maximum absolute atomic E-state index is 3.89. The molecule has 0 fully saturated rings. The molecule has 8 heavy (non-hydrogen) atoms. The van der Waals surface area contributed by atoms with Crippen LogP contribution in [0.25, 0.3) is 0 Å². The zero-order chi connectivity index (χ0) is 6.41. The first kappa shape index (κ1) is 7.64. The molecule has 0 aromatic carbocycles. The largest absolute Gasteiger partial charge is 0.283 e. The third-order valence-electron chi connectivity index (χ3n) is 0.438. The van der Waals surface area contributed by atoms with Crippen LogP contribution in [0, 0.1) is 0 Å². The van der Waals surface area contributed by atoms with Crippen LogP contribution in [-0.4, -0.2) is 5.66 Å². The third-order valence-corrected chi connectivity index (χ3v) is 1.13. The molecule has 0 aliphatic carbocycles. The summed E-state index contributed by atoms with van der Waals surface area (Å²) in [7, 11) is 1.07. The average molecular weight is 130 g/mol. The predicted octanol–water partition coefficient (Wildman–Crippen LogP) is 2.17. The minimum Gasteiger partial charge on any atom is -0.283 e. The maximum atomic E-state index is 3.89. The van der Waals surface area contributed by atoms with Crippen molar-refractivity contribution in [3.05, 3.63) is 12.8 Å². The number of hydrogen-bond acceptors (Lipinski definition) is 1. The van der Waals surface area contributed by atoms with Crippen molar-refractivity contribution in [2.75, 3.05) is 0 Å². The lowest BCUT2D eigenvalue weighted by Gasteiger charge is -1.89. The second-order valence-corrected chi connectivity index (χ2v) is 3.11. The molecule has 0 atom stereocenters. The summed E-state index contributed by atoms with van der Waals surface area (Å²) in [6.45, 7) is 7.66. The highest BCUT2D eigenvalue weighted by molar-refractivity contribution is 7.27. The van der Waals surface area contributed by atoms with Gasteiger partial charge in [0.2, 0.25) is 0 Å². The van der Waals surface area contributed by atoms with Crippen molar-refractivity contribution in [1.29, 1.82) is 0 Å². The van der Waals surface area contributed by atoms with Gasteiger partial charge in [0, 0.05) is 20.2 Å². The smallest absolute Gasteiger partial charge is 0.0349 e. The van der Waals surface area contributed by atoms with Crippen LogP contribution >= 0.6 is 8.37 Å². The first-order valence-corrected chi connectivity index (χ1v) is 3.45. The molecule has 0 amide bonds. The summed E-state index contributed by atoms with van der Waals surface area (Å²) >= 11 is 0. The van der Waals surface area contributed by atoms with E-state index in [1.54, 1.807) is 6.20 Å². The molecule has 0 heterocycles. The molecular weight excluding hydrogens is 119 g/mol. The highest BCUT2D eigenvalue weighted by Crippen LogP contribution is 2.05. The second kappa shape index (κ2) is 4.79. The fraction of sp³-hybridized carbons (Fsp3) is 0.600. The van der Waals surface area contributed by atoms with Crippen LogP contribution in [-0.2, 0) is 0 Å². The standard InChI is InChI=1S/C5H11N2P/c1-4-6-7-8-5(2)3/h4-6H,1H2,2-3H3. The molecule has 46 valence electrons. The van der Waals surface area contributed by atoms with E-state index in [-0.39, 0.29) is 0 Å². The van der Waals surface area contributed by atoms with Crippen LogP contribution in [0.4, 0.5) is 0 Å². The Morgan fingerprint density at radius 3 is 2.75 bits per heavy atom. The second-order valence-electron chi connectivity index (χ2n) is 1.64. The van der Waals surface area contributed by atoms with E-state index < -0.39 is 0 Å². The number of nitrogens with one attached hydrogen (secondary N) is 1. The van der Waals surface area contributed by atoms with Gasteiger partial charge in [0.05, 0.1) is 0 Å². The molecule has 3 heteroatoms. The van der Waals surface area contributed by atoms with Crippen molar-refractivity contribution in [3.8, 4) is 0 Å². The lowest BCUT2D eigenvalue weighted by Crippen LogP contribution is -1.87. The molecule has 0 aliphatic heterocycles. The summed E-state index contributed by atoms with van der Waals surface area (Å²) in [6, 6.07) is 0. The summed E-state index contributed by atoms with van der Waals surface area (Å²) < 4.78 is 0. The molecule has 0 unspecified atom stereocenters. The lowest BCUT2D eigenvalue weighted by atomic mass is 10.6. The Labute approximate surface area is 51.8 Å². The van der Waals surface area contributed by atoms with Crippen molar-refractivity contribution in [1.82, 2.24) is 5.43 Å². The van der Waals surface area contributed by atoms with Gasteiger partial charge in [-0.15, -0.1) is 0 Å². The molecule has 1 N–H and O–H groups in total. The fourth-order valence-corrected chi connectivity index (χ4v) is 0.569. The Bertz CT molecular complexity index is 88.4. The molecule has 0 saturated heterocycles. The van der Waals surface area contributed by atoms with Crippen LogP contribution in [0.3, 0.4) is 0 Å². The van der Waals surface area contributed by atoms with E-state index in [0.29, 0.717) is 5.66 Å². The SMILES string of the molecule is C=CN/N=P/C(C)C. The summed E-state index contributed by atoms with van der Waals surface area (Å²) in [5.74, 6) is 0. The van der Waals surface area contributed by atoms with Gasteiger partial charge in [0.1, 0.15) is 0 Å². The molecule has 0 aliphatic rings. The Morgan fingerprint density at radius 2 is 2.38 bits per heavy atom. The van der Waals surface area contributed by atoms with Gasteiger partial charge in [-0.25, -0.2) is 0 Å². The van der Waals surface area contributed by atoms with Crippen molar-refractivity contribution in [2.24, 2.45) is 4.85 Å². The van der Waals surface area contributed by atoms with E-state index in [4.69, 9.17) is 0 Å². The predicted molar refractivity (Wildman–Crippen MR) is 37.8 cm³/mol. The number of nitrogens with zero attached hydrogens (tertiary/aromatic N) is 1. The molecule has 0 aromatic heterocycles. The molecule has 0 bridgehead atoms. The van der Waals surface area contributed by atoms with Crippen molar-refractivity contribution >= 4 is 8.37 Å². The zero-order valence-corrected chi connectivity index (χ0v) is 6.15. The van der Waals surface area contributed by atoms with Crippen molar-refractivity contribution in [2.45, 2.75) is 19.5 Å². The minimum atomic E-state index is 0.599. The third kappa shape index (κ3) is 5.64. The van der Waals surface area contributed by atoms with Crippen LogP contribution in [0.2, 0.25) is 0 Å². The van der Waals surface area contributed by atoms with Crippen LogP contribution in [0.1, 0.15) is 13.8 Å². The van der Waals surface area contributed by atoms with Gasteiger partial charge < -0.3 is 0 Å². The van der Waals surface area contributed by atoms with E-state index in [0.717, 1.165) is 8.37 Å². The Hall–Kier alpha value is -0.360. The topological polar surface area (TPSA) is 24.4 Å². The Kier molecular flexibility index (Phi) is 4.58. The molecular formula is C5H11N2P. The highest BCUT2D eigenvalue weighted by atomic mass is 31.1. The average Bonchev–Trinajstić information content (AvgIpc) is 1.66. The summed E-state index contributed by atoms with van der Waals surface area (Å²) in [5, 5.41) is 0.